The van der Waals surface area contributed by atoms with Gasteiger partial charge in [0.05, 0.1) is 37.1 Å². The van der Waals surface area contributed by atoms with Crippen molar-refractivity contribution in [3.05, 3.63) is 76.9 Å². The summed E-state index contributed by atoms with van der Waals surface area (Å²) in [5.74, 6) is -1.20. The summed E-state index contributed by atoms with van der Waals surface area (Å²) in [4.78, 5) is 27.8. The lowest BCUT2D eigenvalue weighted by Gasteiger charge is -2.29. The molecule has 7 nitrogen and oxygen atoms in total. The van der Waals surface area contributed by atoms with Gasteiger partial charge in [-0.2, -0.15) is 0 Å². The van der Waals surface area contributed by atoms with Gasteiger partial charge in [0.15, 0.2) is 0 Å². The molecule has 0 bridgehead atoms. The number of aryl methyl sites for hydroxylation is 1. The second-order valence-electron chi connectivity index (χ2n) is 7.87. The summed E-state index contributed by atoms with van der Waals surface area (Å²) in [5, 5.41) is 2.86. The van der Waals surface area contributed by atoms with Crippen molar-refractivity contribution < 1.29 is 23.5 Å². The number of ether oxygens (including phenoxy) is 2. The molecule has 1 N–H and O–H groups in total. The van der Waals surface area contributed by atoms with Crippen LogP contribution in [0.25, 0.3) is 5.69 Å². The molecule has 0 aliphatic carbocycles. The third kappa shape index (κ3) is 4.61. The van der Waals surface area contributed by atoms with E-state index in [0.29, 0.717) is 30.2 Å². The van der Waals surface area contributed by atoms with Crippen molar-refractivity contribution in [1.29, 1.82) is 0 Å². The quantitative estimate of drug-likeness (QED) is 0.591. The Morgan fingerprint density at radius 2 is 1.64 bits per heavy atom. The van der Waals surface area contributed by atoms with Crippen LogP contribution in [0.4, 0.5) is 15.8 Å². The van der Waals surface area contributed by atoms with Gasteiger partial charge in [0, 0.05) is 35.9 Å². The number of halogens is 1. The van der Waals surface area contributed by atoms with E-state index in [-0.39, 0.29) is 17.3 Å². The molecule has 172 valence electrons. The standard InChI is InChI=1S/C25H26FN3O4/c1-16-14-21(17(2)29(16)19-6-4-18(26)5-7-19)24(30)27-23-9-8-20(15-22(23)25(31)32-3)28-10-12-33-13-11-28/h4-9,14-15H,10-13H2,1-3H3,(H,27,30). The van der Waals surface area contributed by atoms with Gasteiger partial charge in [0.25, 0.3) is 5.91 Å². The molecule has 1 aliphatic heterocycles. The van der Waals surface area contributed by atoms with Gasteiger partial charge >= 0.3 is 5.97 Å². The topological polar surface area (TPSA) is 72.8 Å². The lowest BCUT2D eigenvalue weighted by molar-refractivity contribution is 0.0602. The minimum Gasteiger partial charge on any atom is -0.465 e. The van der Waals surface area contributed by atoms with Crippen molar-refractivity contribution in [1.82, 2.24) is 4.57 Å². The number of nitrogens with one attached hydrogen (secondary N) is 1. The molecule has 0 atom stereocenters. The Kier molecular flexibility index (Phi) is 6.46. The van der Waals surface area contributed by atoms with Crippen molar-refractivity contribution in [2.24, 2.45) is 0 Å². The predicted molar refractivity (Wildman–Crippen MR) is 124 cm³/mol. The Balaban J connectivity index is 1.63. The molecule has 0 unspecified atom stereocenters. The van der Waals surface area contributed by atoms with E-state index >= 15 is 0 Å². The van der Waals surface area contributed by atoms with Gasteiger partial charge in [0.1, 0.15) is 5.82 Å². The molecule has 4 rings (SSSR count). The van der Waals surface area contributed by atoms with Crippen LogP contribution >= 0.6 is 0 Å². The van der Waals surface area contributed by atoms with Gasteiger partial charge in [-0.15, -0.1) is 0 Å². The number of anilines is 2. The van der Waals surface area contributed by atoms with E-state index in [4.69, 9.17) is 9.47 Å². The number of hydrogen-bond acceptors (Lipinski definition) is 5. The molecule has 1 aliphatic rings. The zero-order chi connectivity index (χ0) is 23.5. The molecule has 0 spiro atoms. The SMILES string of the molecule is COC(=O)c1cc(N2CCOCC2)ccc1NC(=O)c1cc(C)n(-c2ccc(F)cc2)c1C. The summed E-state index contributed by atoms with van der Waals surface area (Å²) in [7, 11) is 1.31. The minimum atomic E-state index is -0.530. The summed E-state index contributed by atoms with van der Waals surface area (Å²) in [6.07, 6.45) is 0. The van der Waals surface area contributed by atoms with Crippen LogP contribution in [0.1, 0.15) is 32.1 Å². The highest BCUT2D eigenvalue weighted by Crippen LogP contribution is 2.27. The molecule has 2 aromatic carbocycles. The summed E-state index contributed by atoms with van der Waals surface area (Å²) >= 11 is 0. The highest BCUT2D eigenvalue weighted by atomic mass is 19.1. The molecule has 1 amide bonds. The maximum atomic E-state index is 13.3. The molecular formula is C25H26FN3O4. The predicted octanol–water partition coefficient (Wildman–Crippen LogP) is 4.11. The number of carbonyl (C=O) groups is 2. The van der Waals surface area contributed by atoms with Crippen molar-refractivity contribution in [3.8, 4) is 5.69 Å². The first-order chi connectivity index (χ1) is 15.9. The Labute approximate surface area is 191 Å². The molecule has 1 fully saturated rings. The average molecular weight is 451 g/mol. The lowest BCUT2D eigenvalue weighted by atomic mass is 10.1. The molecule has 2 heterocycles. The highest BCUT2D eigenvalue weighted by molar-refractivity contribution is 6.09. The van der Waals surface area contributed by atoms with Gasteiger partial charge in [-0.05, 0) is 62.4 Å². The molecule has 0 radical (unpaired) electrons. The lowest BCUT2D eigenvalue weighted by Crippen LogP contribution is -2.36. The number of hydrogen-bond donors (Lipinski definition) is 1. The zero-order valence-corrected chi connectivity index (χ0v) is 18.9. The molecule has 1 saturated heterocycles. The Morgan fingerprint density at radius 3 is 2.30 bits per heavy atom. The first-order valence-electron chi connectivity index (χ1n) is 10.7. The van der Waals surface area contributed by atoms with Crippen LogP contribution in [0.5, 0.6) is 0 Å². The summed E-state index contributed by atoms with van der Waals surface area (Å²) in [5.41, 5.74) is 4.28. The maximum absolute atomic E-state index is 13.3. The Hall–Kier alpha value is -3.65. The fourth-order valence-corrected chi connectivity index (χ4v) is 4.11. The number of rotatable bonds is 5. The summed E-state index contributed by atoms with van der Waals surface area (Å²) in [6, 6.07) is 13.2. The number of benzene rings is 2. The monoisotopic (exact) mass is 451 g/mol. The zero-order valence-electron chi connectivity index (χ0n) is 18.9. The van der Waals surface area contributed by atoms with Crippen LogP contribution in [0.3, 0.4) is 0 Å². The molecule has 0 saturated carbocycles. The van der Waals surface area contributed by atoms with Crippen molar-refractivity contribution in [2.45, 2.75) is 13.8 Å². The maximum Gasteiger partial charge on any atom is 0.340 e. The van der Waals surface area contributed by atoms with Crippen LogP contribution < -0.4 is 10.2 Å². The van der Waals surface area contributed by atoms with Crippen molar-refractivity contribution >= 4 is 23.3 Å². The van der Waals surface area contributed by atoms with Gasteiger partial charge < -0.3 is 24.3 Å². The number of morpholine rings is 1. The summed E-state index contributed by atoms with van der Waals surface area (Å²) < 4.78 is 25.6. The van der Waals surface area contributed by atoms with Crippen LogP contribution in [-0.2, 0) is 9.47 Å². The number of amides is 1. The first kappa shape index (κ1) is 22.5. The normalized spacial score (nSPS) is 13.6. The number of nitrogens with zero attached hydrogens (tertiary/aromatic N) is 2. The van der Waals surface area contributed by atoms with Crippen molar-refractivity contribution in [3.63, 3.8) is 0 Å². The Bertz CT molecular complexity index is 1180. The second-order valence-corrected chi connectivity index (χ2v) is 7.87. The smallest absolute Gasteiger partial charge is 0.340 e. The van der Waals surface area contributed by atoms with Crippen LogP contribution in [0.15, 0.2) is 48.5 Å². The molecule has 3 aromatic rings. The molecule has 8 heteroatoms. The third-order valence-corrected chi connectivity index (χ3v) is 5.79. The van der Waals surface area contributed by atoms with Crippen molar-refractivity contribution in [2.75, 3.05) is 43.6 Å². The average Bonchev–Trinajstić information content (AvgIpc) is 3.14. The van der Waals surface area contributed by atoms with Crippen LogP contribution in [0, 0.1) is 19.7 Å². The summed E-state index contributed by atoms with van der Waals surface area (Å²) in [6.45, 7) is 6.40. The van der Waals surface area contributed by atoms with Gasteiger partial charge in [-0.3, -0.25) is 4.79 Å². The van der Waals surface area contributed by atoms with Crippen LogP contribution in [0.2, 0.25) is 0 Å². The fraction of sp³-hybridized carbons (Fsp3) is 0.280. The van der Waals surface area contributed by atoms with E-state index < -0.39 is 5.97 Å². The first-order valence-corrected chi connectivity index (χ1v) is 10.7. The fourth-order valence-electron chi connectivity index (χ4n) is 4.11. The number of methoxy groups -OCH3 is 1. The second kappa shape index (κ2) is 9.46. The van der Waals surface area contributed by atoms with Gasteiger partial charge in [-0.1, -0.05) is 0 Å². The van der Waals surface area contributed by atoms with E-state index in [1.165, 1.54) is 19.2 Å². The minimum absolute atomic E-state index is 0.280. The molecule has 1 aromatic heterocycles. The van der Waals surface area contributed by atoms with E-state index in [9.17, 15) is 14.0 Å². The van der Waals surface area contributed by atoms with E-state index in [1.54, 1.807) is 30.3 Å². The third-order valence-electron chi connectivity index (χ3n) is 5.79. The molecule has 33 heavy (non-hydrogen) atoms. The largest absolute Gasteiger partial charge is 0.465 e. The highest BCUT2D eigenvalue weighted by Gasteiger charge is 2.21. The van der Waals surface area contributed by atoms with Gasteiger partial charge in [-0.25, -0.2) is 9.18 Å². The van der Waals surface area contributed by atoms with Crippen LogP contribution in [-0.4, -0.2) is 49.9 Å². The Morgan fingerprint density at radius 1 is 0.970 bits per heavy atom. The van der Waals surface area contributed by atoms with E-state index in [0.717, 1.165) is 30.2 Å². The number of carbonyl (C=O) groups excluding carboxylic acids is 2. The van der Waals surface area contributed by atoms with Gasteiger partial charge in [0.2, 0.25) is 0 Å². The number of esters is 1. The van der Waals surface area contributed by atoms with E-state index in [1.807, 2.05) is 24.5 Å². The number of aromatic nitrogens is 1. The molecular weight excluding hydrogens is 425 g/mol. The van der Waals surface area contributed by atoms with E-state index in [2.05, 4.69) is 10.2 Å².